The summed E-state index contributed by atoms with van der Waals surface area (Å²) in [5.74, 6) is -2.11. The van der Waals surface area contributed by atoms with Gasteiger partial charge in [0.05, 0.1) is 12.0 Å². The Labute approximate surface area is 130 Å². The van der Waals surface area contributed by atoms with Crippen molar-refractivity contribution in [3.8, 4) is 5.75 Å². The largest absolute Gasteiger partial charge is 0.507 e. The molecule has 0 bridgehead atoms. The van der Waals surface area contributed by atoms with Crippen LogP contribution in [0.4, 0.5) is 4.39 Å². The minimum Gasteiger partial charge on any atom is -0.507 e. The fourth-order valence-corrected chi connectivity index (χ4v) is 1.91. The van der Waals surface area contributed by atoms with Crippen molar-refractivity contribution in [2.24, 2.45) is 0 Å². The summed E-state index contributed by atoms with van der Waals surface area (Å²) >= 11 is 5.73. The van der Waals surface area contributed by atoms with Crippen LogP contribution in [0.25, 0.3) is 0 Å². The fraction of sp³-hybridized carbons (Fsp3) is 0.0667. The average Bonchev–Trinajstić information content (AvgIpc) is 2.49. The highest BCUT2D eigenvalue weighted by Crippen LogP contribution is 2.20. The molecule has 7 heteroatoms. The number of phenolic OH excluding ortho intramolecular Hbond substituents is 1. The molecule has 0 aliphatic rings. The molecule has 0 saturated heterocycles. The lowest BCUT2D eigenvalue weighted by Crippen LogP contribution is -2.42. The summed E-state index contributed by atoms with van der Waals surface area (Å²) in [4.78, 5) is 23.5. The summed E-state index contributed by atoms with van der Waals surface area (Å²) < 4.78 is 13.4. The van der Waals surface area contributed by atoms with Gasteiger partial charge in [-0.3, -0.25) is 20.4 Å². The van der Waals surface area contributed by atoms with Gasteiger partial charge < -0.3 is 5.11 Å². The molecule has 2 aromatic rings. The van der Waals surface area contributed by atoms with Gasteiger partial charge >= 0.3 is 0 Å². The average molecular weight is 323 g/mol. The third kappa shape index (κ3) is 3.95. The van der Waals surface area contributed by atoms with E-state index < -0.39 is 17.6 Å². The van der Waals surface area contributed by atoms with E-state index in [4.69, 9.17) is 11.6 Å². The van der Waals surface area contributed by atoms with Gasteiger partial charge in [0.15, 0.2) is 0 Å². The molecule has 0 atom stereocenters. The number of nitrogens with one attached hydrogen (secondary N) is 2. The Kier molecular flexibility index (Phi) is 4.95. The highest BCUT2D eigenvalue weighted by molar-refractivity contribution is 6.31. The van der Waals surface area contributed by atoms with Gasteiger partial charge in [-0.2, -0.15) is 0 Å². The summed E-state index contributed by atoms with van der Waals surface area (Å²) in [6.45, 7) is 0. The number of hydrogen-bond acceptors (Lipinski definition) is 3. The molecule has 22 heavy (non-hydrogen) atoms. The summed E-state index contributed by atoms with van der Waals surface area (Å²) in [7, 11) is 0. The minimum absolute atomic E-state index is 0.0845. The van der Waals surface area contributed by atoms with E-state index in [9.17, 15) is 19.1 Å². The van der Waals surface area contributed by atoms with Gasteiger partial charge in [0.25, 0.3) is 5.91 Å². The van der Waals surface area contributed by atoms with Gasteiger partial charge in [0.1, 0.15) is 11.6 Å². The Hall–Kier alpha value is -2.60. The molecule has 2 aromatic carbocycles. The number of phenols is 1. The number of rotatable bonds is 3. The smallest absolute Gasteiger partial charge is 0.273 e. The van der Waals surface area contributed by atoms with Crippen molar-refractivity contribution in [2.45, 2.75) is 6.42 Å². The van der Waals surface area contributed by atoms with Crippen molar-refractivity contribution in [1.29, 1.82) is 0 Å². The monoisotopic (exact) mass is 322 g/mol. The number of hydrazine groups is 1. The van der Waals surface area contributed by atoms with Gasteiger partial charge in [-0.05, 0) is 29.8 Å². The molecule has 0 spiro atoms. The number of hydrogen-bond donors (Lipinski definition) is 3. The molecule has 0 fully saturated rings. The molecule has 0 aromatic heterocycles. The molecule has 114 valence electrons. The number of amides is 2. The summed E-state index contributed by atoms with van der Waals surface area (Å²) in [5, 5.41) is 9.82. The zero-order valence-corrected chi connectivity index (χ0v) is 12.0. The van der Waals surface area contributed by atoms with E-state index in [0.717, 1.165) is 0 Å². The van der Waals surface area contributed by atoms with Crippen LogP contribution in [-0.4, -0.2) is 16.9 Å². The molecule has 0 aliphatic carbocycles. The standard InChI is InChI=1S/C15H12ClFN2O3/c16-10-5-6-13(20)11(8-10)15(22)19-18-14(21)7-9-3-1-2-4-12(9)17/h1-6,8,20H,7H2,(H,18,21)(H,19,22). The SMILES string of the molecule is O=C(Cc1ccccc1F)NNC(=O)c1cc(Cl)ccc1O. The normalized spacial score (nSPS) is 10.1. The van der Waals surface area contributed by atoms with Crippen LogP contribution in [0.2, 0.25) is 5.02 Å². The molecular weight excluding hydrogens is 311 g/mol. The zero-order valence-electron chi connectivity index (χ0n) is 11.3. The van der Waals surface area contributed by atoms with E-state index >= 15 is 0 Å². The van der Waals surface area contributed by atoms with E-state index in [1.807, 2.05) is 0 Å². The quantitative estimate of drug-likeness (QED) is 0.758. The first-order valence-electron chi connectivity index (χ1n) is 6.28. The third-order valence-electron chi connectivity index (χ3n) is 2.83. The lowest BCUT2D eigenvalue weighted by atomic mass is 10.1. The predicted molar refractivity (Wildman–Crippen MR) is 78.8 cm³/mol. The first-order chi connectivity index (χ1) is 10.5. The molecule has 3 N–H and O–H groups in total. The van der Waals surface area contributed by atoms with Gasteiger partial charge in [0.2, 0.25) is 5.91 Å². The topological polar surface area (TPSA) is 78.4 Å². The lowest BCUT2D eigenvalue weighted by molar-refractivity contribution is -0.121. The zero-order chi connectivity index (χ0) is 16.1. The first kappa shape index (κ1) is 15.8. The highest BCUT2D eigenvalue weighted by atomic mass is 35.5. The summed E-state index contributed by atoms with van der Waals surface area (Å²) in [6.07, 6.45) is -0.228. The van der Waals surface area contributed by atoms with E-state index in [1.54, 1.807) is 6.07 Å². The number of halogens is 2. The molecule has 0 saturated carbocycles. The molecule has 0 unspecified atom stereocenters. The Bertz CT molecular complexity index is 722. The second-order valence-corrected chi connectivity index (χ2v) is 4.87. The molecule has 2 rings (SSSR count). The van der Waals surface area contributed by atoms with Crippen molar-refractivity contribution in [2.75, 3.05) is 0 Å². The number of carbonyl (C=O) groups excluding carboxylic acids is 2. The summed E-state index contributed by atoms with van der Waals surface area (Å²) in [5.41, 5.74) is 4.39. The Balaban J connectivity index is 1.95. The minimum atomic E-state index is -0.734. The first-order valence-corrected chi connectivity index (χ1v) is 6.66. The molecule has 2 amide bonds. The Morgan fingerprint density at radius 1 is 1.14 bits per heavy atom. The molecule has 0 radical (unpaired) electrons. The van der Waals surface area contributed by atoms with Crippen LogP contribution in [0.1, 0.15) is 15.9 Å². The molecule has 0 heterocycles. The predicted octanol–water partition coefficient (Wildman–Crippen LogP) is 2.19. The Morgan fingerprint density at radius 2 is 1.86 bits per heavy atom. The van der Waals surface area contributed by atoms with Gasteiger partial charge in [-0.15, -0.1) is 0 Å². The van der Waals surface area contributed by atoms with Crippen LogP contribution in [0, 0.1) is 5.82 Å². The van der Waals surface area contributed by atoms with Crippen LogP contribution in [0.5, 0.6) is 5.75 Å². The van der Waals surface area contributed by atoms with Crippen LogP contribution in [0.3, 0.4) is 0 Å². The van der Waals surface area contributed by atoms with Crippen LogP contribution < -0.4 is 10.9 Å². The maximum absolute atomic E-state index is 13.4. The Morgan fingerprint density at radius 3 is 2.59 bits per heavy atom. The van der Waals surface area contributed by atoms with Gasteiger partial charge in [-0.25, -0.2) is 4.39 Å². The van der Waals surface area contributed by atoms with Crippen molar-refractivity contribution >= 4 is 23.4 Å². The van der Waals surface area contributed by atoms with Crippen LogP contribution in [0.15, 0.2) is 42.5 Å². The fourth-order valence-electron chi connectivity index (χ4n) is 1.74. The lowest BCUT2D eigenvalue weighted by Gasteiger charge is -2.09. The maximum Gasteiger partial charge on any atom is 0.273 e. The van der Waals surface area contributed by atoms with Crippen molar-refractivity contribution < 1.29 is 19.1 Å². The van der Waals surface area contributed by atoms with Crippen molar-refractivity contribution in [3.05, 3.63) is 64.4 Å². The van der Waals surface area contributed by atoms with Gasteiger partial charge in [0, 0.05) is 5.02 Å². The number of carbonyl (C=O) groups is 2. The summed E-state index contributed by atoms with van der Waals surface area (Å²) in [6, 6.07) is 9.78. The van der Waals surface area contributed by atoms with Crippen molar-refractivity contribution in [1.82, 2.24) is 10.9 Å². The molecule has 5 nitrogen and oxygen atoms in total. The second-order valence-electron chi connectivity index (χ2n) is 4.43. The number of aromatic hydroxyl groups is 1. The second kappa shape index (κ2) is 6.91. The van der Waals surface area contributed by atoms with Crippen molar-refractivity contribution in [3.63, 3.8) is 0 Å². The molecular formula is C15H12ClFN2O3. The van der Waals surface area contributed by atoms with Gasteiger partial charge in [-0.1, -0.05) is 29.8 Å². The van der Waals surface area contributed by atoms with E-state index in [0.29, 0.717) is 0 Å². The van der Waals surface area contributed by atoms with Crippen LogP contribution >= 0.6 is 11.6 Å². The maximum atomic E-state index is 13.4. The number of benzene rings is 2. The van der Waals surface area contributed by atoms with E-state index in [-0.39, 0.29) is 28.3 Å². The van der Waals surface area contributed by atoms with E-state index in [1.165, 1.54) is 36.4 Å². The van der Waals surface area contributed by atoms with Crippen LogP contribution in [-0.2, 0) is 11.2 Å². The third-order valence-corrected chi connectivity index (χ3v) is 3.06. The highest BCUT2D eigenvalue weighted by Gasteiger charge is 2.13. The molecule has 0 aliphatic heterocycles. The van der Waals surface area contributed by atoms with E-state index in [2.05, 4.69) is 10.9 Å².